The van der Waals surface area contributed by atoms with Crippen LogP contribution in [0.3, 0.4) is 0 Å². The molecule has 1 fully saturated rings. The number of quaternary nitrogens is 1. The first-order valence-corrected chi connectivity index (χ1v) is 16.3. The van der Waals surface area contributed by atoms with Crippen LogP contribution in [-0.2, 0) is 5.54 Å². The third-order valence-corrected chi connectivity index (χ3v) is 9.64. The fraction of sp³-hybridized carbons (Fsp3) is 0.150. The molecule has 2 aliphatic rings. The molecule has 8 nitrogen and oxygen atoms in total. The standard InChI is InChI=1S/C40H36N7O/c1-31-20-28-47(43-31,40(32-11-5-2-6-12-32,33-13-7-3-8-14-33)34-15-9-4-10-16-34)35-17-18-37-36(29-35)38(19-21-42-37)44-24-26-45(27-25-44)39(48)46-23-22-41-30-46/h2-23,28-30H,24-27H2,1H3/q+1. The van der Waals surface area contributed by atoms with Crippen molar-refractivity contribution >= 4 is 34.0 Å². The molecule has 0 spiro atoms. The fourth-order valence-corrected chi connectivity index (χ4v) is 7.47. The summed E-state index contributed by atoms with van der Waals surface area (Å²) in [5, 5.41) is 6.61. The third kappa shape index (κ3) is 4.72. The number of amides is 1. The lowest BCUT2D eigenvalue weighted by Crippen LogP contribution is -2.57. The monoisotopic (exact) mass is 630 g/mol. The Bertz CT molecular complexity index is 2020. The van der Waals surface area contributed by atoms with Gasteiger partial charge in [-0.25, -0.2) is 9.78 Å². The summed E-state index contributed by atoms with van der Waals surface area (Å²) in [5.74, 6) is 0. The summed E-state index contributed by atoms with van der Waals surface area (Å²) >= 11 is 0. The number of benzene rings is 4. The summed E-state index contributed by atoms with van der Waals surface area (Å²) in [4.78, 5) is 26.1. The first kappa shape index (κ1) is 29.5. The Hall–Kier alpha value is -5.86. The van der Waals surface area contributed by atoms with E-state index >= 15 is 0 Å². The lowest BCUT2D eigenvalue weighted by molar-refractivity contribution is 0.196. The zero-order chi connectivity index (χ0) is 32.6. The van der Waals surface area contributed by atoms with Crippen LogP contribution in [0.1, 0.15) is 23.6 Å². The molecular formula is C40H36N7O+. The van der Waals surface area contributed by atoms with E-state index in [1.165, 1.54) is 4.57 Å². The number of anilines is 1. The second-order valence-electron chi connectivity index (χ2n) is 12.3. The van der Waals surface area contributed by atoms with Crippen LogP contribution in [0.4, 0.5) is 16.2 Å². The van der Waals surface area contributed by atoms with Crippen molar-refractivity contribution in [2.45, 2.75) is 12.5 Å². The van der Waals surface area contributed by atoms with Gasteiger partial charge in [-0.1, -0.05) is 96.1 Å². The highest BCUT2D eigenvalue weighted by molar-refractivity contribution is 5.98. The highest BCUT2D eigenvalue weighted by atomic mass is 16.2. The average molecular weight is 631 g/mol. The maximum atomic E-state index is 13.0. The minimum Gasteiger partial charge on any atom is -0.367 e. The second-order valence-corrected chi connectivity index (χ2v) is 12.3. The molecule has 8 rings (SSSR count). The Kier molecular flexibility index (Phi) is 7.42. The number of carbonyl (C=O) groups excluding carboxylic acids is 1. The summed E-state index contributed by atoms with van der Waals surface area (Å²) in [7, 11) is 0. The molecule has 2 aliphatic heterocycles. The van der Waals surface area contributed by atoms with Crippen molar-refractivity contribution in [2.24, 2.45) is 5.10 Å². The number of imidazole rings is 1. The zero-order valence-electron chi connectivity index (χ0n) is 26.8. The predicted octanol–water partition coefficient (Wildman–Crippen LogP) is 7.42. The van der Waals surface area contributed by atoms with Crippen LogP contribution < -0.4 is 9.49 Å². The minimum atomic E-state index is -0.757. The molecule has 1 unspecified atom stereocenters. The number of hydrogen-bond acceptors (Lipinski definition) is 5. The maximum Gasteiger partial charge on any atom is 0.329 e. The number of piperazine rings is 1. The molecule has 48 heavy (non-hydrogen) atoms. The van der Waals surface area contributed by atoms with Crippen LogP contribution in [0.5, 0.6) is 0 Å². The molecule has 6 aromatic rings. The Balaban J connectivity index is 1.30. The van der Waals surface area contributed by atoms with Crippen LogP contribution in [0.15, 0.2) is 158 Å². The van der Waals surface area contributed by atoms with Crippen molar-refractivity contribution < 1.29 is 4.79 Å². The molecule has 0 aliphatic carbocycles. The first-order valence-electron chi connectivity index (χ1n) is 16.3. The number of aromatic nitrogens is 3. The van der Waals surface area contributed by atoms with Crippen LogP contribution >= 0.6 is 0 Å². The van der Waals surface area contributed by atoms with Gasteiger partial charge in [0, 0.05) is 90.7 Å². The Labute approximate surface area is 280 Å². The summed E-state index contributed by atoms with van der Waals surface area (Å²) in [6, 6.07) is 40.8. The summed E-state index contributed by atoms with van der Waals surface area (Å²) in [5.41, 5.74) is 6.64. The van der Waals surface area contributed by atoms with E-state index in [0.717, 1.165) is 44.7 Å². The highest BCUT2D eigenvalue weighted by Crippen LogP contribution is 2.52. The molecule has 8 heteroatoms. The van der Waals surface area contributed by atoms with Gasteiger partial charge in [0.2, 0.25) is 5.54 Å². The molecule has 0 saturated carbocycles. The largest absolute Gasteiger partial charge is 0.367 e. The van der Waals surface area contributed by atoms with E-state index in [1.54, 1.807) is 18.7 Å². The molecular weight excluding hydrogens is 594 g/mol. The van der Waals surface area contributed by atoms with Gasteiger partial charge in [-0.3, -0.25) is 9.55 Å². The Morgan fingerprint density at radius 2 is 1.38 bits per heavy atom. The number of fused-ring (bicyclic) bond motifs is 1. The van der Waals surface area contributed by atoms with E-state index in [9.17, 15) is 4.79 Å². The van der Waals surface area contributed by atoms with Gasteiger partial charge in [-0.15, -0.1) is 4.59 Å². The van der Waals surface area contributed by atoms with Crippen molar-refractivity contribution in [3.63, 3.8) is 0 Å². The van der Waals surface area contributed by atoms with Crippen molar-refractivity contribution in [3.05, 3.63) is 169 Å². The summed E-state index contributed by atoms with van der Waals surface area (Å²) in [6.45, 7) is 4.73. The van der Waals surface area contributed by atoms with E-state index in [2.05, 4.69) is 144 Å². The van der Waals surface area contributed by atoms with Gasteiger partial charge in [-0.2, -0.15) is 0 Å². The van der Waals surface area contributed by atoms with Gasteiger partial charge in [0.05, 0.1) is 11.2 Å². The zero-order valence-corrected chi connectivity index (χ0v) is 26.8. The molecule has 236 valence electrons. The van der Waals surface area contributed by atoms with Gasteiger partial charge < -0.3 is 9.80 Å². The number of rotatable bonds is 6. The van der Waals surface area contributed by atoms with Crippen molar-refractivity contribution in [1.29, 1.82) is 0 Å². The van der Waals surface area contributed by atoms with Crippen LogP contribution in [-0.4, -0.2) is 57.4 Å². The highest BCUT2D eigenvalue weighted by Gasteiger charge is 2.58. The fourth-order valence-electron chi connectivity index (χ4n) is 7.47. The summed E-state index contributed by atoms with van der Waals surface area (Å²) in [6.07, 6.45) is 11.1. The SMILES string of the molecule is CC1=N[N+](c2ccc3nccc(N4CCN(C(=O)n5ccnc5)CC4)c3c2)(C(c2ccccc2)(c2ccccc2)c2ccccc2)C=C1. The van der Waals surface area contributed by atoms with Crippen molar-refractivity contribution in [1.82, 2.24) is 24.0 Å². The molecule has 4 aromatic carbocycles. The summed E-state index contributed by atoms with van der Waals surface area (Å²) < 4.78 is 1.73. The Morgan fingerprint density at radius 1 is 0.750 bits per heavy atom. The average Bonchev–Trinajstić information content (AvgIpc) is 3.84. The molecule has 0 radical (unpaired) electrons. The maximum absolute atomic E-state index is 13.0. The number of hydrogen-bond donors (Lipinski definition) is 0. The molecule has 1 saturated heterocycles. The molecule has 0 bridgehead atoms. The van der Waals surface area contributed by atoms with Gasteiger partial charge in [0.25, 0.3) is 0 Å². The van der Waals surface area contributed by atoms with E-state index in [0.29, 0.717) is 26.2 Å². The number of nitrogens with zero attached hydrogens (tertiary/aromatic N) is 7. The van der Waals surface area contributed by atoms with E-state index in [4.69, 9.17) is 10.1 Å². The quantitative estimate of drug-likeness (QED) is 0.142. The number of allylic oxidation sites excluding steroid dienone is 1. The van der Waals surface area contributed by atoms with Crippen molar-refractivity contribution in [3.8, 4) is 0 Å². The first-order chi connectivity index (χ1) is 23.6. The molecule has 2 aromatic heterocycles. The van der Waals surface area contributed by atoms with Gasteiger partial charge in [0.15, 0.2) is 5.69 Å². The van der Waals surface area contributed by atoms with Gasteiger partial charge in [0.1, 0.15) is 12.5 Å². The molecule has 4 heterocycles. The van der Waals surface area contributed by atoms with Crippen LogP contribution in [0.2, 0.25) is 0 Å². The second kappa shape index (κ2) is 12.1. The number of pyridine rings is 1. The van der Waals surface area contributed by atoms with Crippen LogP contribution in [0, 0.1) is 0 Å². The lowest BCUT2D eigenvalue weighted by atomic mass is 9.74. The third-order valence-electron chi connectivity index (χ3n) is 9.64. The normalized spacial score (nSPS) is 17.9. The van der Waals surface area contributed by atoms with E-state index in [-0.39, 0.29) is 10.6 Å². The minimum absolute atomic E-state index is 0.0476. The topological polar surface area (TPSA) is 66.6 Å². The van der Waals surface area contributed by atoms with Crippen LogP contribution in [0.25, 0.3) is 10.9 Å². The lowest BCUT2D eigenvalue weighted by Gasteiger charge is -2.46. The van der Waals surface area contributed by atoms with E-state index < -0.39 is 5.54 Å². The van der Waals surface area contributed by atoms with Gasteiger partial charge >= 0.3 is 6.03 Å². The van der Waals surface area contributed by atoms with E-state index in [1.807, 2.05) is 11.1 Å². The Morgan fingerprint density at radius 3 is 1.92 bits per heavy atom. The number of carbonyl (C=O) groups is 1. The molecule has 1 atom stereocenters. The predicted molar refractivity (Wildman–Crippen MR) is 192 cm³/mol. The van der Waals surface area contributed by atoms with Gasteiger partial charge in [-0.05, 0) is 19.1 Å². The van der Waals surface area contributed by atoms with Crippen molar-refractivity contribution in [2.75, 3.05) is 31.1 Å². The molecule has 0 N–H and O–H groups in total. The smallest absolute Gasteiger partial charge is 0.329 e. The molecule has 1 amide bonds.